The molecule has 0 fully saturated rings. The Morgan fingerprint density at radius 1 is 1.13 bits per heavy atom. The zero-order valence-electron chi connectivity index (χ0n) is 12.7. The third-order valence-corrected chi connectivity index (χ3v) is 5.35. The first-order valence-electron chi connectivity index (χ1n) is 7.21. The molecule has 0 spiro atoms. The number of carbonyl (C=O) groups is 1. The van der Waals surface area contributed by atoms with Crippen molar-refractivity contribution in [1.82, 2.24) is 4.98 Å². The number of thiazole rings is 1. The maximum absolute atomic E-state index is 12.2. The molecular formula is C18H16N2OS2. The number of nitrogens with zero attached hydrogens (tertiary/aromatic N) is 1. The third kappa shape index (κ3) is 4.21. The van der Waals surface area contributed by atoms with Crippen molar-refractivity contribution in [2.24, 2.45) is 0 Å². The van der Waals surface area contributed by atoms with Gasteiger partial charge in [0.1, 0.15) is 0 Å². The average molecular weight is 340 g/mol. The first-order chi connectivity index (χ1) is 11.2. The number of hydrogen-bond donors (Lipinski definition) is 1. The standard InChI is InChI=1S/C18H16N2OS2/c1-13-11-22-18(19-13)23-12-17(21)20-16-10-6-5-9-15(16)14-7-3-2-4-8-14/h2-11H,12H2,1H3,(H,20,21). The zero-order valence-corrected chi connectivity index (χ0v) is 14.3. The summed E-state index contributed by atoms with van der Waals surface area (Å²) in [6.45, 7) is 1.96. The van der Waals surface area contributed by atoms with Crippen LogP contribution in [0.3, 0.4) is 0 Å². The molecule has 1 aromatic heterocycles. The lowest BCUT2D eigenvalue weighted by atomic mass is 10.0. The SMILES string of the molecule is Cc1csc(SCC(=O)Nc2ccccc2-c2ccccc2)n1. The Kier molecular flexibility index (Phi) is 5.10. The minimum atomic E-state index is -0.0220. The molecule has 3 rings (SSSR count). The molecule has 0 unspecified atom stereocenters. The normalized spacial score (nSPS) is 10.5. The highest BCUT2D eigenvalue weighted by molar-refractivity contribution is 8.01. The molecule has 0 atom stereocenters. The van der Waals surface area contributed by atoms with Gasteiger partial charge in [-0.2, -0.15) is 0 Å². The van der Waals surface area contributed by atoms with Crippen LogP contribution in [0.15, 0.2) is 64.3 Å². The van der Waals surface area contributed by atoms with Crippen LogP contribution in [0, 0.1) is 6.92 Å². The summed E-state index contributed by atoms with van der Waals surface area (Å²) in [5, 5.41) is 4.99. The second-order valence-electron chi connectivity index (χ2n) is 5.00. The maximum atomic E-state index is 12.2. The number of aromatic nitrogens is 1. The molecule has 0 aliphatic rings. The Morgan fingerprint density at radius 3 is 2.61 bits per heavy atom. The monoisotopic (exact) mass is 340 g/mol. The van der Waals surface area contributed by atoms with Crippen LogP contribution in [-0.2, 0) is 4.79 Å². The Hall–Kier alpha value is -2.11. The number of nitrogens with one attached hydrogen (secondary N) is 1. The summed E-state index contributed by atoms with van der Waals surface area (Å²) in [6, 6.07) is 17.9. The average Bonchev–Trinajstić information content (AvgIpc) is 3.00. The van der Waals surface area contributed by atoms with Gasteiger partial charge in [-0.25, -0.2) is 4.98 Å². The minimum absolute atomic E-state index is 0.0220. The number of benzene rings is 2. The number of hydrogen-bond acceptors (Lipinski definition) is 4. The summed E-state index contributed by atoms with van der Waals surface area (Å²) in [7, 11) is 0. The van der Waals surface area contributed by atoms with E-state index in [-0.39, 0.29) is 5.91 Å². The maximum Gasteiger partial charge on any atom is 0.234 e. The first kappa shape index (κ1) is 15.8. The largest absolute Gasteiger partial charge is 0.325 e. The fourth-order valence-electron chi connectivity index (χ4n) is 2.17. The highest BCUT2D eigenvalue weighted by atomic mass is 32.2. The molecule has 1 heterocycles. The van der Waals surface area contributed by atoms with E-state index in [1.165, 1.54) is 11.8 Å². The van der Waals surface area contributed by atoms with Crippen LogP contribution in [-0.4, -0.2) is 16.6 Å². The predicted molar refractivity (Wildman–Crippen MR) is 98.1 cm³/mol. The first-order valence-corrected chi connectivity index (χ1v) is 9.08. The Morgan fingerprint density at radius 2 is 1.87 bits per heavy atom. The van der Waals surface area contributed by atoms with Gasteiger partial charge >= 0.3 is 0 Å². The van der Waals surface area contributed by atoms with Crippen molar-refractivity contribution in [3.8, 4) is 11.1 Å². The fraction of sp³-hybridized carbons (Fsp3) is 0.111. The van der Waals surface area contributed by atoms with Gasteiger partial charge in [0.2, 0.25) is 5.91 Å². The molecule has 0 saturated heterocycles. The quantitative estimate of drug-likeness (QED) is 0.675. The molecular weight excluding hydrogens is 324 g/mol. The lowest BCUT2D eigenvalue weighted by Gasteiger charge is -2.11. The van der Waals surface area contributed by atoms with E-state index in [2.05, 4.69) is 10.3 Å². The summed E-state index contributed by atoms with van der Waals surface area (Å²) in [4.78, 5) is 16.6. The molecule has 3 nitrogen and oxygen atoms in total. The number of aryl methyl sites for hydroxylation is 1. The number of anilines is 1. The van der Waals surface area contributed by atoms with Gasteiger partial charge < -0.3 is 5.32 Å². The van der Waals surface area contributed by atoms with E-state index in [1.807, 2.05) is 66.9 Å². The van der Waals surface area contributed by atoms with E-state index in [1.54, 1.807) is 11.3 Å². The predicted octanol–water partition coefficient (Wildman–Crippen LogP) is 4.85. The van der Waals surface area contributed by atoms with E-state index in [0.29, 0.717) is 5.75 Å². The smallest absolute Gasteiger partial charge is 0.234 e. The molecule has 0 aliphatic carbocycles. The van der Waals surface area contributed by atoms with E-state index < -0.39 is 0 Å². The van der Waals surface area contributed by atoms with E-state index in [4.69, 9.17) is 0 Å². The molecule has 116 valence electrons. The number of rotatable bonds is 5. The van der Waals surface area contributed by atoms with Crippen molar-refractivity contribution in [3.63, 3.8) is 0 Å². The van der Waals surface area contributed by atoms with Crippen LogP contribution >= 0.6 is 23.1 Å². The molecule has 5 heteroatoms. The lowest BCUT2D eigenvalue weighted by Crippen LogP contribution is -2.14. The molecule has 0 saturated carbocycles. The van der Waals surface area contributed by atoms with Gasteiger partial charge in [0.15, 0.2) is 4.34 Å². The summed E-state index contributed by atoms with van der Waals surface area (Å²) < 4.78 is 0.925. The fourth-order valence-corrected chi connectivity index (χ4v) is 3.82. The van der Waals surface area contributed by atoms with Gasteiger partial charge in [-0.05, 0) is 18.6 Å². The van der Waals surface area contributed by atoms with Crippen LogP contribution in [0.4, 0.5) is 5.69 Å². The van der Waals surface area contributed by atoms with Crippen molar-refractivity contribution >= 4 is 34.7 Å². The summed E-state index contributed by atoms with van der Waals surface area (Å²) >= 11 is 3.04. The lowest BCUT2D eigenvalue weighted by molar-refractivity contribution is -0.113. The molecule has 0 aliphatic heterocycles. The third-order valence-electron chi connectivity index (χ3n) is 3.21. The topological polar surface area (TPSA) is 42.0 Å². The van der Waals surface area contributed by atoms with E-state index in [9.17, 15) is 4.79 Å². The number of amides is 1. The van der Waals surface area contributed by atoms with Crippen LogP contribution in [0.1, 0.15) is 5.69 Å². The van der Waals surface area contributed by atoms with E-state index in [0.717, 1.165) is 26.8 Å². The van der Waals surface area contributed by atoms with Crippen molar-refractivity contribution in [2.75, 3.05) is 11.1 Å². The molecule has 0 bridgehead atoms. The van der Waals surface area contributed by atoms with Gasteiger partial charge in [-0.15, -0.1) is 11.3 Å². The molecule has 23 heavy (non-hydrogen) atoms. The highest BCUT2D eigenvalue weighted by Crippen LogP contribution is 2.28. The Bertz CT molecular complexity index is 800. The summed E-state index contributed by atoms with van der Waals surface area (Å²) in [5.41, 5.74) is 3.94. The number of para-hydroxylation sites is 1. The van der Waals surface area contributed by atoms with Gasteiger partial charge in [0.05, 0.1) is 5.75 Å². The van der Waals surface area contributed by atoms with Crippen LogP contribution in [0.25, 0.3) is 11.1 Å². The van der Waals surface area contributed by atoms with Crippen LogP contribution < -0.4 is 5.32 Å². The second-order valence-corrected chi connectivity index (χ2v) is 7.08. The van der Waals surface area contributed by atoms with Gasteiger partial charge in [-0.3, -0.25) is 4.79 Å². The van der Waals surface area contributed by atoms with Crippen molar-refractivity contribution < 1.29 is 4.79 Å². The summed E-state index contributed by atoms with van der Waals surface area (Å²) in [5.74, 6) is 0.335. The summed E-state index contributed by atoms with van der Waals surface area (Å²) in [6.07, 6.45) is 0. The van der Waals surface area contributed by atoms with E-state index >= 15 is 0 Å². The number of carbonyl (C=O) groups excluding carboxylic acids is 1. The molecule has 1 amide bonds. The van der Waals surface area contributed by atoms with Gasteiger partial charge in [-0.1, -0.05) is 60.3 Å². The van der Waals surface area contributed by atoms with Crippen LogP contribution in [0.2, 0.25) is 0 Å². The van der Waals surface area contributed by atoms with Crippen LogP contribution in [0.5, 0.6) is 0 Å². The highest BCUT2D eigenvalue weighted by Gasteiger charge is 2.09. The molecule has 3 aromatic rings. The molecule has 0 radical (unpaired) electrons. The zero-order chi connectivity index (χ0) is 16.1. The van der Waals surface area contributed by atoms with Gasteiger partial charge in [0.25, 0.3) is 0 Å². The minimum Gasteiger partial charge on any atom is -0.325 e. The second kappa shape index (κ2) is 7.44. The van der Waals surface area contributed by atoms with Crippen molar-refractivity contribution in [2.45, 2.75) is 11.3 Å². The Balaban J connectivity index is 1.69. The van der Waals surface area contributed by atoms with Crippen molar-refractivity contribution in [1.29, 1.82) is 0 Å². The molecule has 2 aromatic carbocycles. The Labute approximate surface area is 143 Å². The molecule has 1 N–H and O–H groups in total. The number of thioether (sulfide) groups is 1. The van der Waals surface area contributed by atoms with Crippen molar-refractivity contribution in [3.05, 3.63) is 65.7 Å². The van der Waals surface area contributed by atoms with Gasteiger partial charge in [0, 0.05) is 22.3 Å².